The van der Waals surface area contributed by atoms with E-state index in [0.29, 0.717) is 34.0 Å². The summed E-state index contributed by atoms with van der Waals surface area (Å²) >= 11 is 0. The number of amides is 2. The van der Waals surface area contributed by atoms with Crippen molar-refractivity contribution in [1.82, 2.24) is 4.98 Å². The van der Waals surface area contributed by atoms with Crippen molar-refractivity contribution in [2.75, 3.05) is 17.7 Å². The third-order valence-electron chi connectivity index (χ3n) is 3.73. The van der Waals surface area contributed by atoms with Gasteiger partial charge in [0.2, 0.25) is 0 Å². The fourth-order valence-corrected chi connectivity index (χ4v) is 2.44. The second-order valence-corrected chi connectivity index (χ2v) is 5.55. The molecule has 3 N–H and O–H groups in total. The Labute approximate surface area is 154 Å². The molecule has 3 aromatic rings. The average molecular weight is 367 g/mol. The largest absolute Gasteiger partial charge is 0.496 e. The maximum atomic E-state index is 12.1. The second kappa shape index (κ2) is 8.15. The minimum atomic E-state index is -0.834. The van der Waals surface area contributed by atoms with E-state index in [4.69, 9.17) is 14.3 Å². The molecule has 0 bridgehead atoms. The number of ether oxygens (including phenoxy) is 1. The molecule has 0 unspecified atom stereocenters. The van der Waals surface area contributed by atoms with Crippen molar-refractivity contribution in [3.63, 3.8) is 0 Å². The first-order valence-corrected chi connectivity index (χ1v) is 7.99. The summed E-state index contributed by atoms with van der Waals surface area (Å²) in [5.41, 5.74) is 2.10. The Hall–Kier alpha value is -3.65. The molecule has 0 saturated heterocycles. The maximum Gasteiger partial charge on any atom is 0.314 e. The molecule has 1 aromatic heterocycles. The molecule has 8 nitrogen and oxygen atoms in total. The lowest BCUT2D eigenvalue weighted by Gasteiger charge is -2.10. The molecule has 0 aliphatic heterocycles. The average Bonchev–Trinajstić information content (AvgIpc) is 3.22. The molecular weight excluding hydrogens is 350 g/mol. The first-order chi connectivity index (χ1) is 13.1. The van der Waals surface area contributed by atoms with E-state index in [-0.39, 0.29) is 6.61 Å². The van der Waals surface area contributed by atoms with Crippen LogP contribution in [0.2, 0.25) is 0 Å². The highest BCUT2D eigenvalue weighted by molar-refractivity contribution is 6.43. The first-order valence-electron chi connectivity index (χ1n) is 7.99. The van der Waals surface area contributed by atoms with Crippen LogP contribution < -0.4 is 15.4 Å². The van der Waals surface area contributed by atoms with Crippen molar-refractivity contribution < 1.29 is 23.8 Å². The van der Waals surface area contributed by atoms with E-state index in [0.717, 1.165) is 0 Å². The van der Waals surface area contributed by atoms with E-state index in [9.17, 15) is 9.59 Å². The normalized spacial score (nSPS) is 10.3. The number of benzene rings is 2. The monoisotopic (exact) mass is 367 g/mol. The number of aromatic nitrogens is 1. The van der Waals surface area contributed by atoms with Crippen LogP contribution in [-0.4, -0.2) is 29.0 Å². The molecule has 138 valence electrons. The number of aliphatic hydroxyl groups excluding tert-OH is 1. The van der Waals surface area contributed by atoms with Gasteiger partial charge in [-0.05, 0) is 29.8 Å². The quantitative estimate of drug-likeness (QED) is 0.597. The lowest BCUT2D eigenvalue weighted by molar-refractivity contribution is -0.133. The summed E-state index contributed by atoms with van der Waals surface area (Å²) < 4.78 is 10.6. The molecule has 0 radical (unpaired) electrons. The van der Waals surface area contributed by atoms with Gasteiger partial charge in [0.25, 0.3) is 0 Å². The number of carbonyl (C=O) groups is 2. The Morgan fingerprint density at radius 2 is 1.85 bits per heavy atom. The van der Waals surface area contributed by atoms with Gasteiger partial charge in [-0.15, -0.1) is 0 Å². The predicted octanol–water partition coefficient (Wildman–Crippen LogP) is 2.42. The minimum Gasteiger partial charge on any atom is -0.496 e. The first kappa shape index (κ1) is 18.2. The summed E-state index contributed by atoms with van der Waals surface area (Å²) in [6.45, 7) is -0.159. The molecule has 2 amide bonds. The molecule has 0 saturated carbocycles. The summed E-state index contributed by atoms with van der Waals surface area (Å²) in [5, 5.41) is 14.1. The molecule has 27 heavy (non-hydrogen) atoms. The zero-order chi connectivity index (χ0) is 19.2. The van der Waals surface area contributed by atoms with Gasteiger partial charge in [-0.1, -0.05) is 12.1 Å². The van der Waals surface area contributed by atoms with E-state index in [2.05, 4.69) is 15.6 Å². The molecule has 1 heterocycles. The van der Waals surface area contributed by atoms with Gasteiger partial charge in [-0.3, -0.25) is 9.59 Å². The highest BCUT2D eigenvalue weighted by Gasteiger charge is 2.16. The zero-order valence-corrected chi connectivity index (χ0v) is 14.4. The summed E-state index contributed by atoms with van der Waals surface area (Å²) in [6, 6.07) is 11.5. The molecule has 3 rings (SSSR count). The molecule has 0 aliphatic carbocycles. The third kappa shape index (κ3) is 4.31. The number of nitrogens with one attached hydrogen (secondary N) is 2. The fraction of sp³-hybridized carbons (Fsp3) is 0.105. The van der Waals surface area contributed by atoms with Crippen molar-refractivity contribution >= 4 is 23.2 Å². The molecule has 0 spiro atoms. The van der Waals surface area contributed by atoms with Gasteiger partial charge in [-0.25, -0.2) is 4.98 Å². The molecule has 0 atom stereocenters. The van der Waals surface area contributed by atoms with Crippen LogP contribution in [0.25, 0.3) is 11.3 Å². The smallest absolute Gasteiger partial charge is 0.314 e. The van der Waals surface area contributed by atoms with Crippen LogP contribution in [-0.2, 0) is 16.2 Å². The lowest BCUT2D eigenvalue weighted by Crippen LogP contribution is -2.29. The highest BCUT2D eigenvalue weighted by atomic mass is 16.5. The maximum absolute atomic E-state index is 12.1. The molecule has 8 heteroatoms. The van der Waals surface area contributed by atoms with Crippen molar-refractivity contribution in [3.8, 4) is 17.1 Å². The van der Waals surface area contributed by atoms with Crippen LogP contribution in [0, 0.1) is 0 Å². The number of anilines is 2. The van der Waals surface area contributed by atoms with Gasteiger partial charge in [0.05, 0.1) is 25.5 Å². The number of oxazole rings is 1. The summed E-state index contributed by atoms with van der Waals surface area (Å²) in [6.07, 6.45) is 2.85. The zero-order valence-electron chi connectivity index (χ0n) is 14.4. The van der Waals surface area contributed by atoms with Crippen LogP contribution >= 0.6 is 0 Å². The Bertz CT molecular complexity index is 954. The SMILES string of the molecule is COc1cc(NC(=O)C(=O)Nc2cccc(CO)c2)ccc1-c1cnco1. The van der Waals surface area contributed by atoms with Crippen molar-refractivity contribution in [2.24, 2.45) is 0 Å². The summed E-state index contributed by atoms with van der Waals surface area (Å²) in [4.78, 5) is 28.1. The van der Waals surface area contributed by atoms with Crippen LogP contribution in [0.5, 0.6) is 5.75 Å². The number of nitrogens with zero attached hydrogens (tertiary/aromatic N) is 1. The Kier molecular flexibility index (Phi) is 5.48. The summed E-state index contributed by atoms with van der Waals surface area (Å²) in [5.74, 6) is -0.686. The van der Waals surface area contributed by atoms with Crippen molar-refractivity contribution in [2.45, 2.75) is 6.61 Å². The number of hydrogen-bond donors (Lipinski definition) is 3. The van der Waals surface area contributed by atoms with E-state index < -0.39 is 11.8 Å². The number of aliphatic hydroxyl groups is 1. The van der Waals surface area contributed by atoms with Crippen LogP contribution in [0.15, 0.2) is 59.5 Å². The van der Waals surface area contributed by atoms with E-state index in [1.54, 1.807) is 48.7 Å². The number of hydrogen-bond acceptors (Lipinski definition) is 6. The van der Waals surface area contributed by atoms with Crippen LogP contribution in [0.3, 0.4) is 0 Å². The van der Waals surface area contributed by atoms with E-state index in [1.165, 1.54) is 13.5 Å². The Morgan fingerprint density at radius 1 is 1.11 bits per heavy atom. The topological polar surface area (TPSA) is 114 Å². The van der Waals surface area contributed by atoms with Gasteiger partial charge >= 0.3 is 11.8 Å². The van der Waals surface area contributed by atoms with Crippen molar-refractivity contribution in [3.05, 3.63) is 60.6 Å². The lowest BCUT2D eigenvalue weighted by atomic mass is 10.1. The number of carbonyl (C=O) groups excluding carboxylic acids is 2. The minimum absolute atomic E-state index is 0.159. The number of methoxy groups -OCH3 is 1. The van der Waals surface area contributed by atoms with Crippen LogP contribution in [0.1, 0.15) is 5.56 Å². The molecule has 0 fully saturated rings. The molecule has 0 aliphatic rings. The summed E-state index contributed by atoms with van der Waals surface area (Å²) in [7, 11) is 1.49. The molecular formula is C19H17N3O5. The number of rotatable bonds is 5. The van der Waals surface area contributed by atoms with Crippen LogP contribution in [0.4, 0.5) is 11.4 Å². The van der Waals surface area contributed by atoms with Crippen molar-refractivity contribution in [1.29, 1.82) is 0 Å². The van der Waals surface area contributed by atoms with Gasteiger partial charge in [-0.2, -0.15) is 0 Å². The molecule has 2 aromatic carbocycles. The van der Waals surface area contributed by atoms with Gasteiger partial charge in [0.1, 0.15) is 5.75 Å². The Balaban J connectivity index is 1.70. The van der Waals surface area contributed by atoms with Gasteiger partial charge in [0.15, 0.2) is 12.2 Å². The van der Waals surface area contributed by atoms with Gasteiger partial charge < -0.3 is 24.9 Å². The van der Waals surface area contributed by atoms with E-state index >= 15 is 0 Å². The highest BCUT2D eigenvalue weighted by Crippen LogP contribution is 2.32. The van der Waals surface area contributed by atoms with Gasteiger partial charge in [0, 0.05) is 17.4 Å². The Morgan fingerprint density at radius 3 is 2.48 bits per heavy atom. The fourth-order valence-electron chi connectivity index (χ4n) is 2.44. The predicted molar refractivity (Wildman–Crippen MR) is 98.1 cm³/mol. The standard InChI is InChI=1S/C19H17N3O5/c1-26-16-8-14(5-6-15(16)17-9-20-11-27-17)22-19(25)18(24)21-13-4-2-3-12(7-13)10-23/h2-9,11,23H,10H2,1H3,(H,21,24)(H,22,25). The third-order valence-corrected chi connectivity index (χ3v) is 3.73. The van der Waals surface area contributed by atoms with E-state index in [1.807, 2.05) is 0 Å². The second-order valence-electron chi connectivity index (χ2n) is 5.55.